The number of fused-ring (bicyclic) bond motifs is 1. The van der Waals surface area contributed by atoms with E-state index in [0.29, 0.717) is 31.5 Å². The van der Waals surface area contributed by atoms with Crippen LogP contribution in [-0.4, -0.2) is 64.4 Å². The summed E-state index contributed by atoms with van der Waals surface area (Å²) in [5, 5.41) is 5.36. The second-order valence-electron chi connectivity index (χ2n) is 7.26. The van der Waals surface area contributed by atoms with Gasteiger partial charge >= 0.3 is 0 Å². The largest absolute Gasteiger partial charge is 0.335 e. The Kier molecular flexibility index (Phi) is 3.95. The summed E-state index contributed by atoms with van der Waals surface area (Å²) in [7, 11) is -1.28. The van der Waals surface area contributed by atoms with Gasteiger partial charge in [0.25, 0.3) is 0 Å². The highest BCUT2D eigenvalue weighted by atomic mass is 32.2. The molecule has 0 N–H and O–H groups in total. The zero-order chi connectivity index (χ0) is 17.8. The summed E-state index contributed by atoms with van der Waals surface area (Å²) >= 11 is 0. The lowest BCUT2D eigenvalue weighted by Crippen LogP contribution is -2.55. The maximum absolute atomic E-state index is 12.0. The van der Waals surface area contributed by atoms with E-state index in [4.69, 9.17) is 4.98 Å². The average molecular weight is 364 g/mol. The van der Waals surface area contributed by atoms with E-state index in [-0.39, 0.29) is 6.04 Å². The number of hydrogen-bond donors (Lipinski definition) is 0. The van der Waals surface area contributed by atoms with Crippen molar-refractivity contribution in [2.24, 2.45) is 13.0 Å². The van der Waals surface area contributed by atoms with Crippen molar-refractivity contribution in [1.82, 2.24) is 24.1 Å². The first kappa shape index (κ1) is 16.7. The van der Waals surface area contributed by atoms with Gasteiger partial charge < -0.3 is 4.90 Å². The van der Waals surface area contributed by atoms with Gasteiger partial charge in [0.05, 0.1) is 17.3 Å². The number of piperazine rings is 1. The molecule has 8 nitrogen and oxygen atoms in total. The van der Waals surface area contributed by atoms with E-state index < -0.39 is 10.0 Å². The van der Waals surface area contributed by atoms with Crippen LogP contribution in [0.2, 0.25) is 0 Å². The molecule has 0 radical (unpaired) electrons. The summed E-state index contributed by atoms with van der Waals surface area (Å²) in [6, 6.07) is 0.128. The third-order valence-corrected chi connectivity index (χ3v) is 6.50. The zero-order valence-corrected chi connectivity index (χ0v) is 15.7. The summed E-state index contributed by atoms with van der Waals surface area (Å²) in [4.78, 5) is 11.5. The van der Waals surface area contributed by atoms with E-state index in [9.17, 15) is 8.42 Å². The number of sulfonamides is 1. The summed E-state index contributed by atoms with van der Waals surface area (Å²) < 4.78 is 27.3. The first-order valence-electron chi connectivity index (χ1n) is 8.71. The summed E-state index contributed by atoms with van der Waals surface area (Å²) in [6.45, 7) is 3.56. The van der Waals surface area contributed by atoms with Gasteiger partial charge in [-0.1, -0.05) is 12.8 Å². The SMILES string of the molecule is Cc1nn(C)c2nc(N3CCN(S(C)(=O)=O)CC3CC3CC3)ncc12. The predicted octanol–water partition coefficient (Wildman–Crippen LogP) is 0.922. The van der Waals surface area contributed by atoms with Gasteiger partial charge in [-0.15, -0.1) is 0 Å². The van der Waals surface area contributed by atoms with Crippen LogP contribution in [-0.2, 0) is 17.1 Å². The summed E-state index contributed by atoms with van der Waals surface area (Å²) in [5.74, 6) is 1.38. The lowest BCUT2D eigenvalue weighted by molar-refractivity contribution is 0.315. The monoisotopic (exact) mass is 364 g/mol. The maximum atomic E-state index is 12.0. The van der Waals surface area contributed by atoms with Crippen LogP contribution in [0.3, 0.4) is 0 Å². The van der Waals surface area contributed by atoms with Gasteiger partial charge in [0.15, 0.2) is 5.65 Å². The van der Waals surface area contributed by atoms with Crippen molar-refractivity contribution in [3.63, 3.8) is 0 Å². The van der Waals surface area contributed by atoms with Crippen molar-refractivity contribution in [2.75, 3.05) is 30.8 Å². The lowest BCUT2D eigenvalue weighted by Gasteiger charge is -2.40. The molecule has 1 saturated carbocycles. The van der Waals surface area contributed by atoms with Crippen LogP contribution in [0.4, 0.5) is 5.95 Å². The van der Waals surface area contributed by atoms with Crippen LogP contribution in [0.5, 0.6) is 0 Å². The van der Waals surface area contributed by atoms with Crippen LogP contribution in [0.1, 0.15) is 25.0 Å². The molecule has 1 saturated heterocycles. The second kappa shape index (κ2) is 5.91. The number of aromatic nitrogens is 4. The molecule has 25 heavy (non-hydrogen) atoms. The van der Waals surface area contributed by atoms with Crippen LogP contribution < -0.4 is 4.90 Å². The Bertz CT molecular complexity index is 905. The van der Waals surface area contributed by atoms with Gasteiger partial charge in [0.1, 0.15) is 0 Å². The van der Waals surface area contributed by atoms with Crippen LogP contribution in [0, 0.1) is 12.8 Å². The molecule has 0 bridgehead atoms. The van der Waals surface area contributed by atoms with Crippen molar-refractivity contribution in [2.45, 2.75) is 32.2 Å². The molecule has 0 spiro atoms. The Balaban J connectivity index is 1.66. The molecule has 1 atom stereocenters. The fourth-order valence-corrected chi connectivity index (χ4v) is 4.52. The molecular formula is C16H24N6O2S. The molecular weight excluding hydrogens is 340 g/mol. The van der Waals surface area contributed by atoms with Gasteiger partial charge in [-0.2, -0.15) is 14.4 Å². The Morgan fingerprint density at radius 1 is 1.28 bits per heavy atom. The van der Waals surface area contributed by atoms with Crippen LogP contribution in [0.25, 0.3) is 11.0 Å². The van der Waals surface area contributed by atoms with Crippen molar-refractivity contribution in [3.8, 4) is 0 Å². The Labute approximate surface area is 147 Å². The summed E-state index contributed by atoms with van der Waals surface area (Å²) in [5.41, 5.74) is 1.73. The molecule has 0 aromatic carbocycles. The van der Waals surface area contributed by atoms with Crippen molar-refractivity contribution < 1.29 is 8.42 Å². The van der Waals surface area contributed by atoms with Gasteiger partial charge in [0, 0.05) is 38.9 Å². The Morgan fingerprint density at radius 2 is 2.04 bits per heavy atom. The minimum atomic E-state index is -3.17. The standard InChI is InChI=1S/C16H24N6O2S/c1-11-14-9-17-16(18-15(14)20(2)19-11)22-7-6-21(25(3,23)24)10-13(22)8-12-4-5-12/h9,12-13H,4-8,10H2,1-3H3. The van der Waals surface area contributed by atoms with E-state index in [1.54, 1.807) is 8.99 Å². The van der Waals surface area contributed by atoms with Gasteiger partial charge in [-0.05, 0) is 19.3 Å². The van der Waals surface area contributed by atoms with E-state index >= 15 is 0 Å². The number of aryl methyl sites for hydroxylation is 2. The molecule has 2 aliphatic rings. The molecule has 2 aromatic heterocycles. The molecule has 136 valence electrons. The van der Waals surface area contributed by atoms with Crippen LogP contribution in [0.15, 0.2) is 6.20 Å². The fraction of sp³-hybridized carbons (Fsp3) is 0.688. The summed E-state index contributed by atoms with van der Waals surface area (Å²) in [6.07, 6.45) is 6.60. The molecule has 3 heterocycles. The average Bonchev–Trinajstić information content (AvgIpc) is 3.32. The van der Waals surface area contributed by atoms with Crippen molar-refractivity contribution in [1.29, 1.82) is 0 Å². The molecule has 2 fully saturated rings. The zero-order valence-electron chi connectivity index (χ0n) is 14.9. The van der Waals surface area contributed by atoms with Crippen molar-refractivity contribution >= 4 is 27.0 Å². The molecule has 0 amide bonds. The van der Waals surface area contributed by atoms with Crippen LogP contribution >= 0.6 is 0 Å². The van der Waals surface area contributed by atoms with E-state index in [0.717, 1.165) is 23.1 Å². The molecule has 1 aliphatic heterocycles. The lowest BCUT2D eigenvalue weighted by atomic mass is 10.1. The van der Waals surface area contributed by atoms with E-state index in [2.05, 4.69) is 15.0 Å². The van der Waals surface area contributed by atoms with Gasteiger partial charge in [0.2, 0.25) is 16.0 Å². The number of anilines is 1. The normalized spacial score (nSPS) is 22.7. The smallest absolute Gasteiger partial charge is 0.227 e. The first-order valence-corrected chi connectivity index (χ1v) is 10.6. The molecule has 1 aliphatic carbocycles. The number of nitrogens with zero attached hydrogens (tertiary/aromatic N) is 6. The third kappa shape index (κ3) is 3.22. The second-order valence-corrected chi connectivity index (χ2v) is 9.25. The number of rotatable bonds is 4. The Hall–Kier alpha value is -1.74. The molecule has 2 aromatic rings. The minimum Gasteiger partial charge on any atom is -0.335 e. The third-order valence-electron chi connectivity index (χ3n) is 5.23. The number of hydrogen-bond acceptors (Lipinski definition) is 6. The Morgan fingerprint density at radius 3 is 2.72 bits per heavy atom. The van der Waals surface area contributed by atoms with E-state index in [1.165, 1.54) is 19.1 Å². The minimum absolute atomic E-state index is 0.128. The molecule has 9 heteroatoms. The van der Waals surface area contributed by atoms with E-state index in [1.807, 2.05) is 20.2 Å². The highest BCUT2D eigenvalue weighted by Gasteiger charge is 2.36. The quantitative estimate of drug-likeness (QED) is 0.802. The highest BCUT2D eigenvalue weighted by Crippen LogP contribution is 2.36. The maximum Gasteiger partial charge on any atom is 0.227 e. The molecule has 4 rings (SSSR count). The molecule has 1 unspecified atom stereocenters. The van der Waals surface area contributed by atoms with Gasteiger partial charge in [-0.25, -0.2) is 13.4 Å². The fourth-order valence-electron chi connectivity index (χ4n) is 3.66. The first-order chi connectivity index (χ1) is 11.8. The topological polar surface area (TPSA) is 84.2 Å². The highest BCUT2D eigenvalue weighted by molar-refractivity contribution is 7.88. The van der Waals surface area contributed by atoms with Gasteiger partial charge in [-0.3, -0.25) is 4.68 Å². The predicted molar refractivity (Wildman–Crippen MR) is 95.9 cm³/mol. The van der Waals surface area contributed by atoms with Crippen molar-refractivity contribution in [3.05, 3.63) is 11.9 Å².